The van der Waals surface area contributed by atoms with Gasteiger partial charge in [0, 0.05) is 12.0 Å². The number of hydrogen-bond acceptors (Lipinski definition) is 3. The average molecular weight is 382 g/mol. The molecule has 0 radical (unpaired) electrons. The minimum atomic E-state index is -0.584. The van der Waals surface area contributed by atoms with Crippen molar-refractivity contribution >= 4 is 5.91 Å². The SMILES string of the molecule is Cc1cc(C)c(C)c(OC(C)C(=O)NC2CC(C)(C)Oc3ccc(C)cc32)c1. The first kappa shape index (κ1) is 20.2. The van der Waals surface area contributed by atoms with Gasteiger partial charge in [-0.2, -0.15) is 0 Å². The lowest BCUT2D eigenvalue weighted by molar-refractivity contribution is -0.128. The van der Waals surface area contributed by atoms with E-state index in [2.05, 4.69) is 24.4 Å². The van der Waals surface area contributed by atoms with Crippen molar-refractivity contribution in [3.05, 3.63) is 58.1 Å². The van der Waals surface area contributed by atoms with Crippen molar-refractivity contribution in [2.24, 2.45) is 0 Å². The highest BCUT2D eigenvalue weighted by Gasteiger charge is 2.35. The Bertz CT molecular complexity index is 901. The molecule has 0 fully saturated rings. The lowest BCUT2D eigenvalue weighted by Crippen LogP contribution is -2.44. The van der Waals surface area contributed by atoms with E-state index in [1.807, 2.05) is 52.8 Å². The molecule has 1 aliphatic heterocycles. The van der Waals surface area contributed by atoms with E-state index in [4.69, 9.17) is 9.47 Å². The molecule has 1 N–H and O–H groups in total. The second kappa shape index (κ2) is 7.50. The van der Waals surface area contributed by atoms with E-state index >= 15 is 0 Å². The molecule has 0 aromatic heterocycles. The van der Waals surface area contributed by atoms with Crippen LogP contribution in [0.25, 0.3) is 0 Å². The number of amides is 1. The zero-order valence-corrected chi connectivity index (χ0v) is 18.0. The summed E-state index contributed by atoms with van der Waals surface area (Å²) < 4.78 is 12.1. The fraction of sp³-hybridized carbons (Fsp3) is 0.458. The van der Waals surface area contributed by atoms with Crippen molar-refractivity contribution < 1.29 is 14.3 Å². The molecule has 4 heteroatoms. The normalized spacial score (nSPS) is 18.6. The van der Waals surface area contributed by atoms with Crippen molar-refractivity contribution in [1.29, 1.82) is 0 Å². The highest BCUT2D eigenvalue weighted by atomic mass is 16.5. The van der Waals surface area contributed by atoms with Gasteiger partial charge in [0.15, 0.2) is 6.10 Å². The molecule has 2 aromatic rings. The quantitative estimate of drug-likeness (QED) is 0.801. The maximum Gasteiger partial charge on any atom is 0.261 e. The first-order valence-electron chi connectivity index (χ1n) is 9.90. The molecular weight excluding hydrogens is 350 g/mol. The van der Waals surface area contributed by atoms with E-state index in [9.17, 15) is 4.79 Å². The summed E-state index contributed by atoms with van der Waals surface area (Å²) >= 11 is 0. The molecule has 2 aromatic carbocycles. The van der Waals surface area contributed by atoms with Gasteiger partial charge in [0.1, 0.15) is 17.1 Å². The highest BCUT2D eigenvalue weighted by molar-refractivity contribution is 5.81. The lowest BCUT2D eigenvalue weighted by Gasteiger charge is -2.38. The molecule has 4 nitrogen and oxygen atoms in total. The minimum absolute atomic E-state index is 0.0995. The maximum absolute atomic E-state index is 12.9. The van der Waals surface area contributed by atoms with Crippen LogP contribution < -0.4 is 14.8 Å². The zero-order chi connectivity index (χ0) is 20.6. The Labute approximate surface area is 168 Å². The summed E-state index contributed by atoms with van der Waals surface area (Å²) in [4.78, 5) is 12.9. The molecule has 1 heterocycles. The van der Waals surface area contributed by atoms with Gasteiger partial charge in [-0.1, -0.05) is 23.8 Å². The van der Waals surface area contributed by atoms with Gasteiger partial charge in [-0.25, -0.2) is 0 Å². The van der Waals surface area contributed by atoms with Gasteiger partial charge in [-0.05, 0) is 77.3 Å². The van der Waals surface area contributed by atoms with Crippen molar-refractivity contribution in [2.75, 3.05) is 0 Å². The Hall–Kier alpha value is -2.49. The van der Waals surface area contributed by atoms with Gasteiger partial charge < -0.3 is 14.8 Å². The van der Waals surface area contributed by atoms with Gasteiger partial charge in [-0.15, -0.1) is 0 Å². The second-order valence-corrected chi connectivity index (χ2v) is 8.63. The summed E-state index contributed by atoms with van der Waals surface area (Å²) in [5.74, 6) is 1.49. The van der Waals surface area contributed by atoms with Gasteiger partial charge >= 0.3 is 0 Å². The third kappa shape index (κ3) is 4.32. The van der Waals surface area contributed by atoms with Crippen LogP contribution in [-0.2, 0) is 4.79 Å². The van der Waals surface area contributed by atoms with Crippen LogP contribution in [0.1, 0.15) is 61.1 Å². The maximum atomic E-state index is 12.9. The van der Waals surface area contributed by atoms with Crippen molar-refractivity contribution in [3.63, 3.8) is 0 Å². The molecule has 1 amide bonds. The van der Waals surface area contributed by atoms with Crippen LogP contribution in [-0.4, -0.2) is 17.6 Å². The molecule has 150 valence electrons. The summed E-state index contributed by atoms with van der Waals surface area (Å²) in [6, 6.07) is 10.1. The van der Waals surface area contributed by atoms with Gasteiger partial charge in [0.05, 0.1) is 6.04 Å². The van der Waals surface area contributed by atoms with Crippen LogP contribution in [0.3, 0.4) is 0 Å². The van der Waals surface area contributed by atoms with Crippen molar-refractivity contribution in [3.8, 4) is 11.5 Å². The Morgan fingerprint density at radius 1 is 1.14 bits per heavy atom. The number of ether oxygens (including phenoxy) is 2. The Balaban J connectivity index is 1.78. The molecule has 0 saturated heterocycles. The van der Waals surface area contributed by atoms with Crippen LogP contribution in [0.2, 0.25) is 0 Å². The third-order valence-electron chi connectivity index (χ3n) is 5.38. The zero-order valence-electron chi connectivity index (χ0n) is 18.0. The van der Waals surface area contributed by atoms with E-state index in [1.165, 1.54) is 0 Å². The number of carbonyl (C=O) groups is 1. The topological polar surface area (TPSA) is 47.6 Å². The standard InChI is InChI=1S/C24H31NO3/c1-14-8-9-21-19(11-14)20(13-24(6,7)28-21)25-23(26)18(5)27-22-12-15(2)10-16(3)17(22)4/h8-12,18,20H,13H2,1-7H3,(H,25,26). The van der Waals surface area contributed by atoms with Crippen LogP contribution in [0.5, 0.6) is 11.5 Å². The third-order valence-corrected chi connectivity index (χ3v) is 5.38. The minimum Gasteiger partial charge on any atom is -0.487 e. The summed E-state index contributed by atoms with van der Waals surface area (Å²) in [7, 11) is 0. The van der Waals surface area contributed by atoms with Crippen LogP contribution in [0.4, 0.5) is 0 Å². The molecule has 3 rings (SSSR count). The molecule has 2 atom stereocenters. The molecule has 0 bridgehead atoms. The predicted octanol–water partition coefficient (Wildman–Crippen LogP) is 5.11. The molecule has 0 spiro atoms. The average Bonchev–Trinajstić information content (AvgIpc) is 2.59. The Morgan fingerprint density at radius 3 is 2.57 bits per heavy atom. The smallest absolute Gasteiger partial charge is 0.261 e. The molecule has 1 aliphatic rings. The van der Waals surface area contributed by atoms with Gasteiger partial charge in [0.2, 0.25) is 0 Å². The number of nitrogens with one attached hydrogen (secondary N) is 1. The van der Waals surface area contributed by atoms with E-state index in [0.717, 1.165) is 39.3 Å². The van der Waals surface area contributed by atoms with Crippen molar-refractivity contribution in [2.45, 2.75) is 72.6 Å². The number of rotatable bonds is 4. The number of aryl methyl sites for hydroxylation is 3. The summed E-state index contributed by atoms with van der Waals surface area (Å²) in [5, 5.41) is 3.18. The number of hydrogen-bond donors (Lipinski definition) is 1. The van der Waals surface area contributed by atoms with Crippen molar-refractivity contribution in [1.82, 2.24) is 5.32 Å². The molecular formula is C24H31NO3. The highest BCUT2D eigenvalue weighted by Crippen LogP contribution is 2.40. The first-order chi connectivity index (χ1) is 13.1. The fourth-order valence-electron chi connectivity index (χ4n) is 3.76. The number of benzene rings is 2. The molecule has 0 saturated carbocycles. The van der Waals surface area contributed by atoms with Crippen LogP contribution >= 0.6 is 0 Å². The van der Waals surface area contributed by atoms with E-state index < -0.39 is 6.10 Å². The Kier molecular flexibility index (Phi) is 5.42. The van der Waals surface area contributed by atoms with Crippen LogP contribution in [0.15, 0.2) is 30.3 Å². The van der Waals surface area contributed by atoms with Crippen LogP contribution in [0, 0.1) is 27.7 Å². The first-order valence-corrected chi connectivity index (χ1v) is 9.90. The number of carbonyl (C=O) groups excluding carboxylic acids is 1. The predicted molar refractivity (Wildman–Crippen MR) is 112 cm³/mol. The molecule has 28 heavy (non-hydrogen) atoms. The van der Waals surface area contributed by atoms with E-state index in [0.29, 0.717) is 6.42 Å². The molecule has 2 unspecified atom stereocenters. The fourth-order valence-corrected chi connectivity index (χ4v) is 3.76. The van der Waals surface area contributed by atoms with Gasteiger partial charge in [-0.3, -0.25) is 4.79 Å². The van der Waals surface area contributed by atoms with E-state index in [1.54, 1.807) is 6.92 Å². The summed E-state index contributed by atoms with van der Waals surface area (Å²) in [5.41, 5.74) is 5.20. The summed E-state index contributed by atoms with van der Waals surface area (Å²) in [6.07, 6.45) is 0.129. The Morgan fingerprint density at radius 2 is 1.86 bits per heavy atom. The van der Waals surface area contributed by atoms with E-state index in [-0.39, 0.29) is 17.6 Å². The second-order valence-electron chi connectivity index (χ2n) is 8.63. The van der Waals surface area contributed by atoms with Gasteiger partial charge in [0.25, 0.3) is 5.91 Å². The largest absolute Gasteiger partial charge is 0.487 e. The lowest BCUT2D eigenvalue weighted by atomic mass is 9.89. The number of fused-ring (bicyclic) bond motifs is 1. The summed E-state index contributed by atoms with van der Waals surface area (Å²) in [6.45, 7) is 14.1. The molecule has 0 aliphatic carbocycles. The monoisotopic (exact) mass is 381 g/mol.